The number of halogens is 1. The van der Waals surface area contributed by atoms with Crippen molar-refractivity contribution in [1.82, 2.24) is 0 Å². The van der Waals surface area contributed by atoms with Gasteiger partial charge in [-0.3, -0.25) is 4.79 Å². The lowest BCUT2D eigenvalue weighted by molar-refractivity contribution is -0.119. The molecule has 0 saturated heterocycles. The van der Waals surface area contributed by atoms with E-state index < -0.39 is 0 Å². The van der Waals surface area contributed by atoms with E-state index in [1.54, 1.807) is 0 Å². The Morgan fingerprint density at radius 3 is 2.69 bits per heavy atom. The van der Waals surface area contributed by atoms with Gasteiger partial charge in [-0.15, -0.1) is 0 Å². The molecular formula is C13H18BrNO. The summed E-state index contributed by atoms with van der Waals surface area (Å²) in [4.78, 5) is 11.8. The molecule has 1 rings (SSSR count). The van der Waals surface area contributed by atoms with Crippen molar-refractivity contribution < 1.29 is 4.79 Å². The fraction of sp³-hybridized carbons (Fsp3) is 0.462. The van der Waals surface area contributed by atoms with E-state index in [2.05, 4.69) is 28.2 Å². The van der Waals surface area contributed by atoms with E-state index in [0.29, 0.717) is 0 Å². The minimum Gasteiger partial charge on any atom is -0.326 e. The first-order valence-corrected chi connectivity index (χ1v) is 6.40. The molecule has 0 saturated carbocycles. The highest BCUT2D eigenvalue weighted by molar-refractivity contribution is 9.10. The molecule has 0 aliphatic carbocycles. The molecule has 0 aliphatic rings. The topological polar surface area (TPSA) is 29.1 Å². The maximum atomic E-state index is 11.8. The summed E-state index contributed by atoms with van der Waals surface area (Å²) in [7, 11) is 0. The van der Waals surface area contributed by atoms with E-state index in [9.17, 15) is 4.79 Å². The van der Waals surface area contributed by atoms with Crippen LogP contribution in [-0.2, 0) is 4.79 Å². The molecule has 0 bridgehead atoms. The summed E-state index contributed by atoms with van der Waals surface area (Å²) in [6.07, 6.45) is 1.96. The number of carbonyl (C=O) groups excluding carboxylic acids is 1. The molecule has 16 heavy (non-hydrogen) atoms. The van der Waals surface area contributed by atoms with E-state index in [1.807, 2.05) is 32.0 Å². The SMILES string of the molecule is CCCC(C)C(=O)Nc1cc(C)cc(Br)c1. The number of nitrogens with one attached hydrogen (secondary N) is 1. The Balaban J connectivity index is 2.69. The number of amides is 1. The number of hydrogen-bond acceptors (Lipinski definition) is 1. The van der Waals surface area contributed by atoms with E-state index >= 15 is 0 Å². The van der Waals surface area contributed by atoms with Gasteiger partial charge in [0, 0.05) is 16.1 Å². The smallest absolute Gasteiger partial charge is 0.227 e. The van der Waals surface area contributed by atoms with Crippen LogP contribution in [0.25, 0.3) is 0 Å². The molecule has 1 N–H and O–H groups in total. The fourth-order valence-corrected chi connectivity index (χ4v) is 2.25. The molecular weight excluding hydrogens is 266 g/mol. The summed E-state index contributed by atoms with van der Waals surface area (Å²) in [6.45, 7) is 6.06. The average Bonchev–Trinajstić information content (AvgIpc) is 2.16. The van der Waals surface area contributed by atoms with Crippen molar-refractivity contribution in [2.75, 3.05) is 5.32 Å². The Morgan fingerprint density at radius 1 is 1.44 bits per heavy atom. The van der Waals surface area contributed by atoms with E-state index in [0.717, 1.165) is 28.6 Å². The Bertz CT molecular complexity index is 356. The third-order valence-corrected chi connectivity index (χ3v) is 2.94. The first kappa shape index (κ1) is 13.2. The lowest BCUT2D eigenvalue weighted by Crippen LogP contribution is -2.20. The van der Waals surface area contributed by atoms with E-state index in [4.69, 9.17) is 0 Å². The summed E-state index contributed by atoms with van der Waals surface area (Å²) < 4.78 is 0.992. The van der Waals surface area contributed by atoms with Gasteiger partial charge in [0.1, 0.15) is 0 Å². The minimum absolute atomic E-state index is 0.0734. The highest BCUT2D eigenvalue weighted by atomic mass is 79.9. The molecule has 0 fully saturated rings. The molecule has 0 radical (unpaired) electrons. The zero-order valence-corrected chi connectivity index (χ0v) is 11.6. The lowest BCUT2D eigenvalue weighted by atomic mass is 10.1. The van der Waals surface area contributed by atoms with Crippen molar-refractivity contribution >= 4 is 27.5 Å². The molecule has 3 heteroatoms. The first-order valence-electron chi connectivity index (χ1n) is 5.61. The van der Waals surface area contributed by atoms with E-state index in [1.165, 1.54) is 0 Å². The van der Waals surface area contributed by atoms with Gasteiger partial charge in [0.2, 0.25) is 5.91 Å². The predicted octanol–water partition coefficient (Wildman–Crippen LogP) is 4.13. The second-order valence-electron chi connectivity index (χ2n) is 4.20. The Morgan fingerprint density at radius 2 is 2.12 bits per heavy atom. The Kier molecular flexibility index (Phi) is 5.00. The number of carbonyl (C=O) groups is 1. The van der Waals surface area contributed by atoms with Gasteiger partial charge < -0.3 is 5.32 Å². The Labute approximate surface area is 106 Å². The summed E-state index contributed by atoms with van der Waals surface area (Å²) in [5, 5.41) is 2.94. The van der Waals surface area contributed by atoms with Gasteiger partial charge in [0.05, 0.1) is 0 Å². The number of hydrogen-bond donors (Lipinski definition) is 1. The van der Waals surface area contributed by atoms with Crippen molar-refractivity contribution in [2.24, 2.45) is 5.92 Å². The van der Waals surface area contributed by atoms with Crippen LogP contribution in [0.3, 0.4) is 0 Å². The van der Waals surface area contributed by atoms with Crippen molar-refractivity contribution in [3.63, 3.8) is 0 Å². The maximum absolute atomic E-state index is 11.8. The summed E-state index contributed by atoms with van der Waals surface area (Å²) >= 11 is 3.42. The van der Waals surface area contributed by atoms with Crippen LogP contribution >= 0.6 is 15.9 Å². The highest BCUT2D eigenvalue weighted by Crippen LogP contribution is 2.20. The summed E-state index contributed by atoms with van der Waals surface area (Å²) in [6, 6.07) is 5.91. The van der Waals surface area contributed by atoms with Crippen LogP contribution in [0.2, 0.25) is 0 Å². The van der Waals surface area contributed by atoms with Gasteiger partial charge in [0.25, 0.3) is 0 Å². The third-order valence-electron chi connectivity index (χ3n) is 2.48. The van der Waals surface area contributed by atoms with Gasteiger partial charge in [0.15, 0.2) is 0 Å². The molecule has 1 unspecified atom stereocenters. The quantitative estimate of drug-likeness (QED) is 0.884. The van der Waals surface area contributed by atoms with Gasteiger partial charge in [-0.25, -0.2) is 0 Å². The maximum Gasteiger partial charge on any atom is 0.227 e. The largest absolute Gasteiger partial charge is 0.326 e. The molecule has 1 aromatic rings. The second kappa shape index (κ2) is 6.04. The molecule has 0 heterocycles. The highest BCUT2D eigenvalue weighted by Gasteiger charge is 2.11. The third kappa shape index (κ3) is 3.97. The van der Waals surface area contributed by atoms with Crippen LogP contribution in [0.4, 0.5) is 5.69 Å². The number of aryl methyl sites for hydroxylation is 1. The standard InChI is InChI=1S/C13H18BrNO/c1-4-5-10(3)13(16)15-12-7-9(2)6-11(14)8-12/h6-8,10H,4-5H2,1-3H3,(H,15,16). The minimum atomic E-state index is 0.0734. The molecule has 1 amide bonds. The average molecular weight is 284 g/mol. The number of rotatable bonds is 4. The molecule has 0 aliphatic heterocycles. The summed E-state index contributed by atoms with van der Waals surface area (Å²) in [5.74, 6) is 0.170. The Hall–Kier alpha value is -0.830. The van der Waals surface area contributed by atoms with Crippen molar-refractivity contribution in [3.8, 4) is 0 Å². The molecule has 1 atom stereocenters. The van der Waals surface area contributed by atoms with Gasteiger partial charge in [-0.2, -0.15) is 0 Å². The normalized spacial score (nSPS) is 12.2. The first-order chi connectivity index (χ1) is 7.52. The molecule has 88 valence electrons. The van der Waals surface area contributed by atoms with Gasteiger partial charge >= 0.3 is 0 Å². The fourth-order valence-electron chi connectivity index (χ4n) is 1.64. The zero-order chi connectivity index (χ0) is 12.1. The van der Waals surface area contributed by atoms with Crippen molar-refractivity contribution in [3.05, 3.63) is 28.2 Å². The van der Waals surface area contributed by atoms with Gasteiger partial charge in [-0.05, 0) is 37.1 Å². The molecule has 0 aromatic heterocycles. The van der Waals surface area contributed by atoms with E-state index in [-0.39, 0.29) is 11.8 Å². The van der Waals surface area contributed by atoms with Crippen LogP contribution < -0.4 is 5.32 Å². The van der Waals surface area contributed by atoms with Crippen molar-refractivity contribution in [1.29, 1.82) is 0 Å². The number of benzene rings is 1. The molecule has 0 spiro atoms. The zero-order valence-electron chi connectivity index (χ0n) is 10.0. The molecule has 2 nitrogen and oxygen atoms in total. The lowest BCUT2D eigenvalue weighted by Gasteiger charge is -2.11. The summed E-state index contributed by atoms with van der Waals surface area (Å²) in [5.41, 5.74) is 1.99. The predicted molar refractivity (Wildman–Crippen MR) is 71.6 cm³/mol. The van der Waals surface area contributed by atoms with Crippen LogP contribution in [0.15, 0.2) is 22.7 Å². The van der Waals surface area contributed by atoms with Crippen LogP contribution in [0.1, 0.15) is 32.3 Å². The molecule has 1 aromatic carbocycles. The van der Waals surface area contributed by atoms with Gasteiger partial charge in [-0.1, -0.05) is 36.2 Å². The second-order valence-corrected chi connectivity index (χ2v) is 5.11. The number of anilines is 1. The van der Waals surface area contributed by atoms with Crippen LogP contribution in [0.5, 0.6) is 0 Å². The monoisotopic (exact) mass is 283 g/mol. The van der Waals surface area contributed by atoms with Crippen molar-refractivity contribution in [2.45, 2.75) is 33.6 Å². The van der Waals surface area contributed by atoms with Crippen LogP contribution in [-0.4, -0.2) is 5.91 Å². The van der Waals surface area contributed by atoms with Crippen LogP contribution in [0, 0.1) is 12.8 Å².